The Morgan fingerprint density at radius 1 is 0.370 bits per heavy atom. The molecule has 0 bridgehead atoms. The highest BCUT2D eigenvalue weighted by Gasteiger charge is 2.12. The van der Waals surface area contributed by atoms with Crippen LogP contribution in [0.4, 0.5) is 0 Å². The molecule has 54 heavy (non-hydrogen) atoms. The summed E-state index contributed by atoms with van der Waals surface area (Å²) < 4.78 is 0. The summed E-state index contributed by atoms with van der Waals surface area (Å²) in [5.74, 6) is -0.0435. The standard InChI is InChI=1S/C48H82N4O2/c1-5-9-13-17-21-25-37-51(38-26-22-18-14-10-6-2)41-49-47(53)45-33-29-43(30-34-45)44-31-35-46(36-32-44)48(54)50-42-52(39-27-23-19-15-11-7-3)40-28-24-20-16-12-8-4/h29-36H,5-28,37-42H2,1-4H3,(H,49,53)(H,50,54). The van der Waals surface area contributed by atoms with Gasteiger partial charge in [0.05, 0.1) is 13.3 Å². The monoisotopic (exact) mass is 747 g/mol. The van der Waals surface area contributed by atoms with E-state index >= 15 is 0 Å². The highest BCUT2D eigenvalue weighted by Crippen LogP contribution is 2.21. The SMILES string of the molecule is CCCCCCCCN(CCCCCCCC)CNC(=O)c1ccc(-c2ccc(C(=O)NCN(CCCCCCCC)CCCCCCCC)cc2)cc1. The van der Waals surface area contributed by atoms with Gasteiger partial charge in [0.25, 0.3) is 11.8 Å². The summed E-state index contributed by atoms with van der Waals surface area (Å²) in [6.07, 6.45) is 30.9. The zero-order chi connectivity index (χ0) is 38.9. The predicted molar refractivity (Wildman–Crippen MR) is 233 cm³/mol. The fraction of sp³-hybridized carbons (Fsp3) is 0.708. The fourth-order valence-electron chi connectivity index (χ4n) is 7.20. The molecule has 2 aromatic rings. The summed E-state index contributed by atoms with van der Waals surface area (Å²) in [5, 5.41) is 6.40. The first kappa shape index (κ1) is 47.5. The van der Waals surface area contributed by atoms with Crippen LogP contribution in [0.15, 0.2) is 48.5 Å². The molecule has 0 saturated carbocycles. The van der Waals surface area contributed by atoms with Crippen LogP contribution >= 0.6 is 0 Å². The van der Waals surface area contributed by atoms with Gasteiger partial charge in [0.2, 0.25) is 0 Å². The number of nitrogens with one attached hydrogen (secondary N) is 2. The number of hydrogen-bond acceptors (Lipinski definition) is 4. The van der Waals surface area contributed by atoms with Gasteiger partial charge in [-0.1, -0.05) is 180 Å². The van der Waals surface area contributed by atoms with E-state index in [0.717, 1.165) is 37.3 Å². The predicted octanol–water partition coefficient (Wildman–Crippen LogP) is 12.8. The minimum Gasteiger partial charge on any atom is -0.339 e. The number of benzene rings is 2. The Morgan fingerprint density at radius 2 is 0.611 bits per heavy atom. The molecule has 2 rings (SSSR count). The number of rotatable bonds is 35. The zero-order valence-corrected chi connectivity index (χ0v) is 35.5. The van der Waals surface area contributed by atoms with Gasteiger partial charge in [0.15, 0.2) is 0 Å². The van der Waals surface area contributed by atoms with Crippen LogP contribution in [0.1, 0.15) is 203 Å². The van der Waals surface area contributed by atoms with E-state index in [1.807, 2.05) is 48.5 Å². The lowest BCUT2D eigenvalue weighted by Crippen LogP contribution is -2.38. The lowest BCUT2D eigenvalue weighted by atomic mass is 10.0. The Bertz CT molecular complexity index is 1060. The van der Waals surface area contributed by atoms with Crippen molar-refractivity contribution in [2.24, 2.45) is 0 Å². The first-order valence-electron chi connectivity index (χ1n) is 22.7. The number of carbonyl (C=O) groups is 2. The third kappa shape index (κ3) is 22.6. The molecule has 2 aromatic carbocycles. The Labute approximate surface area is 333 Å². The molecular weight excluding hydrogens is 665 g/mol. The van der Waals surface area contributed by atoms with Crippen molar-refractivity contribution in [3.8, 4) is 11.1 Å². The Kier molecular flexibility index (Phi) is 28.6. The van der Waals surface area contributed by atoms with E-state index in [0.29, 0.717) is 24.5 Å². The molecule has 0 aliphatic rings. The van der Waals surface area contributed by atoms with Crippen molar-refractivity contribution in [1.29, 1.82) is 0 Å². The number of nitrogens with zero attached hydrogens (tertiary/aromatic N) is 2. The number of unbranched alkanes of at least 4 members (excludes halogenated alkanes) is 20. The van der Waals surface area contributed by atoms with Crippen LogP contribution in [0.2, 0.25) is 0 Å². The van der Waals surface area contributed by atoms with Crippen molar-refractivity contribution in [3.63, 3.8) is 0 Å². The van der Waals surface area contributed by atoms with Crippen LogP contribution in [0, 0.1) is 0 Å². The maximum absolute atomic E-state index is 13.2. The van der Waals surface area contributed by atoms with Crippen LogP contribution in [0.5, 0.6) is 0 Å². The maximum Gasteiger partial charge on any atom is 0.252 e. The zero-order valence-electron chi connectivity index (χ0n) is 35.5. The van der Waals surface area contributed by atoms with Crippen LogP contribution < -0.4 is 10.6 Å². The Hall–Kier alpha value is -2.70. The Morgan fingerprint density at radius 3 is 0.870 bits per heavy atom. The highest BCUT2D eigenvalue weighted by molar-refractivity contribution is 5.95. The van der Waals surface area contributed by atoms with Gasteiger partial charge in [-0.25, -0.2) is 0 Å². The first-order chi connectivity index (χ1) is 26.5. The van der Waals surface area contributed by atoms with Gasteiger partial charge in [-0.05, 0) is 87.3 Å². The fourth-order valence-corrected chi connectivity index (χ4v) is 7.20. The molecule has 0 atom stereocenters. The summed E-state index contributed by atoms with van der Waals surface area (Å²) in [6, 6.07) is 15.7. The van der Waals surface area contributed by atoms with Gasteiger partial charge < -0.3 is 10.6 Å². The van der Waals surface area contributed by atoms with E-state index in [2.05, 4.69) is 48.1 Å². The lowest BCUT2D eigenvalue weighted by molar-refractivity contribution is 0.0912. The third-order valence-corrected chi connectivity index (χ3v) is 10.9. The molecule has 0 heterocycles. The minimum absolute atomic E-state index is 0.0218. The van der Waals surface area contributed by atoms with E-state index in [1.165, 1.54) is 154 Å². The quantitative estimate of drug-likeness (QED) is 0.0544. The van der Waals surface area contributed by atoms with Gasteiger partial charge in [0.1, 0.15) is 0 Å². The normalized spacial score (nSPS) is 11.4. The summed E-state index contributed by atoms with van der Waals surface area (Å²) in [4.78, 5) is 31.2. The van der Waals surface area contributed by atoms with Gasteiger partial charge in [0, 0.05) is 11.1 Å². The van der Waals surface area contributed by atoms with Crippen LogP contribution in [-0.4, -0.2) is 61.1 Å². The van der Waals surface area contributed by atoms with E-state index in [9.17, 15) is 9.59 Å². The van der Waals surface area contributed by atoms with Gasteiger partial charge in [-0.2, -0.15) is 0 Å². The van der Waals surface area contributed by atoms with Crippen molar-refractivity contribution >= 4 is 11.8 Å². The van der Waals surface area contributed by atoms with Crippen molar-refractivity contribution in [1.82, 2.24) is 20.4 Å². The van der Waals surface area contributed by atoms with Gasteiger partial charge in [-0.3, -0.25) is 19.4 Å². The minimum atomic E-state index is -0.0218. The Balaban J connectivity index is 1.87. The number of carbonyl (C=O) groups excluding carboxylic acids is 2. The first-order valence-corrected chi connectivity index (χ1v) is 22.7. The molecule has 2 N–H and O–H groups in total. The largest absolute Gasteiger partial charge is 0.339 e. The van der Waals surface area contributed by atoms with Gasteiger partial charge >= 0.3 is 0 Å². The lowest BCUT2D eigenvalue weighted by Gasteiger charge is -2.23. The van der Waals surface area contributed by atoms with Crippen LogP contribution in [0.25, 0.3) is 11.1 Å². The summed E-state index contributed by atoms with van der Waals surface area (Å²) in [5.41, 5.74) is 3.44. The molecule has 0 spiro atoms. The summed E-state index contributed by atoms with van der Waals surface area (Å²) in [6.45, 7) is 14.4. The van der Waals surface area contributed by atoms with E-state index in [1.54, 1.807) is 0 Å². The molecule has 6 nitrogen and oxygen atoms in total. The average Bonchev–Trinajstić information content (AvgIpc) is 3.20. The number of hydrogen-bond donors (Lipinski definition) is 2. The topological polar surface area (TPSA) is 64.7 Å². The summed E-state index contributed by atoms with van der Waals surface area (Å²) >= 11 is 0. The molecule has 306 valence electrons. The van der Waals surface area contributed by atoms with E-state index < -0.39 is 0 Å². The van der Waals surface area contributed by atoms with Crippen LogP contribution in [-0.2, 0) is 0 Å². The van der Waals surface area contributed by atoms with Crippen molar-refractivity contribution < 1.29 is 9.59 Å². The highest BCUT2D eigenvalue weighted by atomic mass is 16.2. The summed E-state index contributed by atoms with van der Waals surface area (Å²) in [7, 11) is 0. The molecule has 2 amide bonds. The molecule has 0 aromatic heterocycles. The second-order valence-electron chi connectivity index (χ2n) is 15.8. The second kappa shape index (κ2) is 32.5. The molecule has 6 heteroatoms. The molecule has 0 saturated heterocycles. The van der Waals surface area contributed by atoms with Crippen molar-refractivity contribution in [3.05, 3.63) is 59.7 Å². The molecule has 0 radical (unpaired) electrons. The van der Waals surface area contributed by atoms with Crippen LogP contribution in [0.3, 0.4) is 0 Å². The third-order valence-electron chi connectivity index (χ3n) is 10.9. The second-order valence-corrected chi connectivity index (χ2v) is 15.8. The maximum atomic E-state index is 13.2. The van der Waals surface area contributed by atoms with Crippen molar-refractivity contribution in [2.75, 3.05) is 39.5 Å². The average molecular weight is 747 g/mol. The molecule has 0 unspecified atom stereocenters. The molecular formula is C48H82N4O2. The van der Waals surface area contributed by atoms with E-state index in [-0.39, 0.29) is 11.8 Å². The molecule has 0 aliphatic heterocycles. The molecule has 0 aliphatic carbocycles. The number of amides is 2. The van der Waals surface area contributed by atoms with E-state index in [4.69, 9.17) is 0 Å². The smallest absolute Gasteiger partial charge is 0.252 e. The molecule has 0 fully saturated rings. The van der Waals surface area contributed by atoms with Crippen molar-refractivity contribution in [2.45, 2.75) is 182 Å². The van der Waals surface area contributed by atoms with Gasteiger partial charge in [-0.15, -0.1) is 0 Å².